The monoisotopic (exact) mass is 361 g/mol. The predicted molar refractivity (Wildman–Crippen MR) is 104 cm³/mol. The molecule has 1 atom stereocenters. The lowest BCUT2D eigenvalue weighted by molar-refractivity contribution is 0.0933. The van der Waals surface area contributed by atoms with Crippen LogP contribution in [-0.4, -0.2) is 20.8 Å². The van der Waals surface area contributed by atoms with Gasteiger partial charge in [0.15, 0.2) is 5.69 Å². The van der Waals surface area contributed by atoms with Crippen molar-refractivity contribution >= 4 is 5.91 Å². The number of hydrogen-bond acceptors (Lipinski definition) is 3. The second-order valence-corrected chi connectivity index (χ2v) is 7.16. The number of nitrogens with zero attached hydrogens (tertiary/aromatic N) is 2. The number of fused-ring (bicyclic) bond motifs is 1. The molecule has 1 amide bonds. The number of phenols is 1. The van der Waals surface area contributed by atoms with Gasteiger partial charge in [0.05, 0.1) is 11.7 Å². The van der Waals surface area contributed by atoms with Crippen molar-refractivity contribution < 1.29 is 9.90 Å². The van der Waals surface area contributed by atoms with E-state index in [0.717, 1.165) is 41.8 Å². The van der Waals surface area contributed by atoms with Gasteiger partial charge in [-0.25, -0.2) is 4.68 Å². The lowest BCUT2D eigenvalue weighted by Crippen LogP contribution is -2.27. The number of aromatic nitrogens is 2. The van der Waals surface area contributed by atoms with Gasteiger partial charge in [0, 0.05) is 11.3 Å². The molecule has 1 heterocycles. The number of amides is 1. The summed E-state index contributed by atoms with van der Waals surface area (Å²) in [5, 5.41) is 17.3. The van der Waals surface area contributed by atoms with Gasteiger partial charge in [-0.05, 0) is 62.9 Å². The van der Waals surface area contributed by atoms with E-state index < -0.39 is 0 Å². The Labute approximate surface area is 158 Å². The number of hydrogen-bond donors (Lipinski definition) is 2. The molecule has 5 nitrogen and oxygen atoms in total. The van der Waals surface area contributed by atoms with Gasteiger partial charge >= 0.3 is 0 Å². The summed E-state index contributed by atoms with van der Waals surface area (Å²) in [5.41, 5.74) is 5.73. The van der Waals surface area contributed by atoms with Crippen LogP contribution in [0.3, 0.4) is 0 Å². The summed E-state index contributed by atoms with van der Waals surface area (Å²) in [4.78, 5) is 12.9. The lowest BCUT2D eigenvalue weighted by atomic mass is 10.1. The summed E-state index contributed by atoms with van der Waals surface area (Å²) >= 11 is 0. The van der Waals surface area contributed by atoms with Gasteiger partial charge in [-0.15, -0.1) is 0 Å². The van der Waals surface area contributed by atoms with Gasteiger partial charge in [0.25, 0.3) is 5.91 Å². The van der Waals surface area contributed by atoms with E-state index in [4.69, 9.17) is 0 Å². The SMILES string of the molecule is Cc1ccc(-n2nc(C(=O)NC(C)c3cccc(O)c3)c3c2CCC3)cc1. The standard InChI is InChI=1S/C22H23N3O2/c1-14-9-11-17(12-10-14)25-20-8-4-7-19(20)21(24-25)22(27)23-15(2)16-5-3-6-18(26)13-16/h3,5-6,9-13,15,26H,4,7-8H2,1-2H3,(H,23,27). The molecule has 0 spiro atoms. The Balaban J connectivity index is 1.63. The molecule has 0 saturated carbocycles. The topological polar surface area (TPSA) is 67.2 Å². The Hall–Kier alpha value is -3.08. The minimum Gasteiger partial charge on any atom is -0.508 e. The fourth-order valence-corrected chi connectivity index (χ4v) is 3.66. The first-order valence-corrected chi connectivity index (χ1v) is 9.30. The Morgan fingerprint density at radius 3 is 2.70 bits per heavy atom. The first kappa shape index (κ1) is 17.3. The minimum absolute atomic E-state index is 0.171. The summed E-state index contributed by atoms with van der Waals surface area (Å²) in [7, 11) is 0. The molecule has 2 N–H and O–H groups in total. The van der Waals surface area contributed by atoms with Crippen LogP contribution in [0.15, 0.2) is 48.5 Å². The highest BCUT2D eigenvalue weighted by Gasteiger charge is 2.27. The second kappa shape index (κ2) is 6.91. The molecule has 5 heteroatoms. The van der Waals surface area contributed by atoms with Crippen LogP contribution in [-0.2, 0) is 12.8 Å². The maximum atomic E-state index is 12.9. The van der Waals surface area contributed by atoms with Crippen molar-refractivity contribution in [3.8, 4) is 11.4 Å². The van der Waals surface area contributed by atoms with Crippen LogP contribution in [0.1, 0.15) is 52.3 Å². The normalized spacial score (nSPS) is 14.0. The summed E-state index contributed by atoms with van der Waals surface area (Å²) < 4.78 is 1.91. The van der Waals surface area contributed by atoms with Crippen LogP contribution < -0.4 is 5.32 Å². The molecule has 0 fully saturated rings. The largest absolute Gasteiger partial charge is 0.508 e. The molecule has 1 unspecified atom stereocenters. The van der Waals surface area contributed by atoms with Crippen molar-refractivity contribution in [3.63, 3.8) is 0 Å². The van der Waals surface area contributed by atoms with Crippen LogP contribution in [0.2, 0.25) is 0 Å². The van der Waals surface area contributed by atoms with Crippen molar-refractivity contribution in [1.29, 1.82) is 0 Å². The zero-order valence-corrected chi connectivity index (χ0v) is 15.6. The molecular formula is C22H23N3O2. The van der Waals surface area contributed by atoms with Crippen molar-refractivity contribution in [2.75, 3.05) is 0 Å². The Kier molecular flexibility index (Phi) is 4.44. The first-order valence-electron chi connectivity index (χ1n) is 9.30. The third-order valence-corrected chi connectivity index (χ3v) is 5.14. The van der Waals surface area contributed by atoms with Gasteiger partial charge in [0.1, 0.15) is 5.75 Å². The predicted octanol–water partition coefficient (Wildman–Crippen LogP) is 3.87. The molecule has 1 aromatic heterocycles. The van der Waals surface area contributed by atoms with E-state index in [1.807, 2.05) is 29.8 Å². The highest BCUT2D eigenvalue weighted by atomic mass is 16.3. The number of nitrogens with one attached hydrogen (secondary N) is 1. The summed E-state index contributed by atoms with van der Waals surface area (Å²) in [6.45, 7) is 3.96. The van der Waals surface area contributed by atoms with Crippen molar-refractivity contribution in [2.24, 2.45) is 0 Å². The molecule has 0 bridgehead atoms. The zero-order valence-electron chi connectivity index (χ0n) is 15.6. The van der Waals surface area contributed by atoms with Crippen molar-refractivity contribution in [3.05, 3.63) is 76.6 Å². The van der Waals surface area contributed by atoms with Crippen LogP contribution in [0.5, 0.6) is 5.75 Å². The molecule has 2 aromatic carbocycles. The quantitative estimate of drug-likeness (QED) is 0.741. The molecule has 3 aromatic rings. The molecule has 138 valence electrons. The molecule has 27 heavy (non-hydrogen) atoms. The number of rotatable bonds is 4. The van der Waals surface area contributed by atoms with E-state index in [1.165, 1.54) is 5.56 Å². The van der Waals surface area contributed by atoms with Crippen LogP contribution >= 0.6 is 0 Å². The average Bonchev–Trinajstić information content (AvgIpc) is 3.25. The summed E-state index contributed by atoms with van der Waals surface area (Å²) in [6, 6.07) is 14.9. The summed E-state index contributed by atoms with van der Waals surface area (Å²) in [6.07, 6.45) is 2.86. The molecule has 0 saturated heterocycles. The number of aryl methyl sites for hydroxylation is 1. The van der Waals surface area contributed by atoms with Gasteiger partial charge in [0.2, 0.25) is 0 Å². The fourth-order valence-electron chi connectivity index (χ4n) is 3.66. The van der Waals surface area contributed by atoms with Crippen LogP contribution in [0.4, 0.5) is 0 Å². The fraction of sp³-hybridized carbons (Fsp3) is 0.273. The highest BCUT2D eigenvalue weighted by molar-refractivity contribution is 5.94. The van der Waals surface area contributed by atoms with Gasteiger partial charge in [-0.2, -0.15) is 5.10 Å². The van der Waals surface area contributed by atoms with E-state index in [2.05, 4.69) is 29.5 Å². The number of aromatic hydroxyl groups is 1. The minimum atomic E-state index is -0.217. The highest BCUT2D eigenvalue weighted by Crippen LogP contribution is 2.28. The van der Waals surface area contributed by atoms with E-state index in [-0.39, 0.29) is 17.7 Å². The average molecular weight is 361 g/mol. The van der Waals surface area contributed by atoms with Gasteiger partial charge in [-0.3, -0.25) is 4.79 Å². The molecule has 4 rings (SSSR count). The van der Waals surface area contributed by atoms with Crippen LogP contribution in [0, 0.1) is 6.92 Å². The van der Waals surface area contributed by atoms with E-state index >= 15 is 0 Å². The van der Waals surface area contributed by atoms with Gasteiger partial charge < -0.3 is 10.4 Å². The van der Waals surface area contributed by atoms with Crippen molar-refractivity contribution in [2.45, 2.75) is 39.2 Å². The van der Waals surface area contributed by atoms with Crippen LogP contribution in [0.25, 0.3) is 5.69 Å². The maximum absolute atomic E-state index is 12.9. The molecular weight excluding hydrogens is 338 g/mol. The number of phenolic OH excluding ortho intramolecular Hbond substituents is 1. The lowest BCUT2D eigenvalue weighted by Gasteiger charge is -2.14. The molecule has 0 radical (unpaired) electrons. The van der Waals surface area contributed by atoms with E-state index in [0.29, 0.717) is 5.69 Å². The first-order chi connectivity index (χ1) is 13.0. The number of carbonyl (C=O) groups is 1. The Morgan fingerprint density at radius 1 is 1.19 bits per heavy atom. The molecule has 1 aliphatic carbocycles. The molecule has 0 aliphatic heterocycles. The third-order valence-electron chi connectivity index (χ3n) is 5.14. The maximum Gasteiger partial charge on any atom is 0.272 e. The van der Waals surface area contributed by atoms with E-state index in [1.54, 1.807) is 18.2 Å². The zero-order chi connectivity index (χ0) is 19.0. The Bertz CT molecular complexity index is 989. The van der Waals surface area contributed by atoms with E-state index in [9.17, 15) is 9.90 Å². The smallest absolute Gasteiger partial charge is 0.272 e. The summed E-state index contributed by atoms with van der Waals surface area (Å²) in [5.74, 6) is 0.0213. The van der Waals surface area contributed by atoms with Gasteiger partial charge in [-0.1, -0.05) is 29.8 Å². The van der Waals surface area contributed by atoms with Crippen molar-refractivity contribution in [1.82, 2.24) is 15.1 Å². The number of benzene rings is 2. The number of carbonyl (C=O) groups excluding carboxylic acids is 1. The Morgan fingerprint density at radius 2 is 1.96 bits per heavy atom. The molecule has 1 aliphatic rings. The third kappa shape index (κ3) is 3.33. The second-order valence-electron chi connectivity index (χ2n) is 7.16.